The van der Waals surface area contributed by atoms with Gasteiger partial charge in [-0.2, -0.15) is 13.9 Å². The predicted molar refractivity (Wildman–Crippen MR) is 85.8 cm³/mol. The second-order valence-electron chi connectivity index (χ2n) is 4.89. The summed E-state index contributed by atoms with van der Waals surface area (Å²) in [5.41, 5.74) is 0.703. The molecule has 1 unspecified atom stereocenters. The second kappa shape index (κ2) is 6.22. The maximum atomic E-state index is 13.0. The maximum Gasteiger partial charge on any atom is 0.459 e. The Morgan fingerprint density at radius 1 is 1.45 bits per heavy atom. The van der Waals surface area contributed by atoms with Crippen molar-refractivity contribution in [2.45, 2.75) is 30.5 Å². The molecular formula is C13H11Br2ClF2N2O2. The van der Waals surface area contributed by atoms with Gasteiger partial charge >= 0.3 is 5.02 Å². The molecule has 2 heterocycles. The third-order valence-electron chi connectivity index (χ3n) is 3.40. The predicted octanol–water partition coefficient (Wildman–Crippen LogP) is 5.48. The van der Waals surface area contributed by atoms with Gasteiger partial charge in [0.25, 0.3) is 0 Å². The van der Waals surface area contributed by atoms with Crippen LogP contribution in [0.15, 0.2) is 16.7 Å². The first-order valence-corrected chi connectivity index (χ1v) is 8.56. The molecule has 1 atom stereocenters. The highest BCUT2D eigenvalue weighted by Crippen LogP contribution is 2.43. The molecule has 1 aliphatic rings. The minimum atomic E-state index is -3.50. The molecule has 0 saturated carbocycles. The number of benzene rings is 1. The summed E-state index contributed by atoms with van der Waals surface area (Å²) in [5.74, 6) is -0.139. The van der Waals surface area contributed by atoms with Crippen LogP contribution in [0.4, 0.5) is 8.78 Å². The molecule has 2 aromatic rings. The minimum absolute atomic E-state index is 0.0658. The molecule has 3 rings (SSSR count). The molecule has 0 amide bonds. The van der Waals surface area contributed by atoms with Crippen molar-refractivity contribution in [3.8, 4) is 5.75 Å². The van der Waals surface area contributed by atoms with Crippen molar-refractivity contribution in [2.24, 2.45) is 0 Å². The van der Waals surface area contributed by atoms with Crippen LogP contribution in [0.1, 0.15) is 25.5 Å². The normalized spacial score (nSPS) is 19.6. The van der Waals surface area contributed by atoms with Gasteiger partial charge in [-0.25, -0.2) is 4.68 Å². The van der Waals surface area contributed by atoms with Crippen LogP contribution in [0.25, 0.3) is 10.9 Å². The van der Waals surface area contributed by atoms with Gasteiger partial charge in [-0.05, 0) is 41.3 Å². The molecule has 1 fully saturated rings. The lowest BCUT2D eigenvalue weighted by molar-refractivity contribution is -0.0806. The van der Waals surface area contributed by atoms with Crippen LogP contribution in [0, 0.1) is 0 Å². The average Bonchev–Trinajstić information content (AvgIpc) is 2.87. The van der Waals surface area contributed by atoms with E-state index in [1.807, 2.05) is 0 Å². The SMILES string of the molecule is FC(F)(Br)Oc1c(Cl)cc2c(cnn2C2CCCCO2)c1Br. The Kier molecular flexibility index (Phi) is 4.64. The fourth-order valence-corrected chi connectivity index (χ4v) is 3.57. The first-order chi connectivity index (χ1) is 10.4. The van der Waals surface area contributed by atoms with Crippen molar-refractivity contribution >= 4 is 54.4 Å². The molecule has 0 spiro atoms. The van der Waals surface area contributed by atoms with E-state index >= 15 is 0 Å². The average molecular weight is 461 g/mol. The third kappa shape index (κ3) is 3.25. The number of ether oxygens (including phenoxy) is 2. The Morgan fingerprint density at radius 3 is 2.86 bits per heavy atom. The molecule has 1 aliphatic heterocycles. The zero-order chi connectivity index (χ0) is 15.9. The van der Waals surface area contributed by atoms with Gasteiger partial charge in [0.1, 0.15) is 0 Å². The zero-order valence-corrected chi connectivity index (χ0v) is 15.1. The molecule has 0 N–H and O–H groups in total. The van der Waals surface area contributed by atoms with Crippen molar-refractivity contribution in [2.75, 3.05) is 6.61 Å². The van der Waals surface area contributed by atoms with Gasteiger partial charge in [0, 0.05) is 27.9 Å². The minimum Gasteiger partial charge on any atom is -0.421 e. The van der Waals surface area contributed by atoms with Crippen molar-refractivity contribution in [1.29, 1.82) is 0 Å². The van der Waals surface area contributed by atoms with Crippen LogP contribution in [0.5, 0.6) is 5.75 Å². The molecular weight excluding hydrogens is 449 g/mol. The third-order valence-corrected chi connectivity index (χ3v) is 4.63. The largest absolute Gasteiger partial charge is 0.459 e. The van der Waals surface area contributed by atoms with Gasteiger partial charge in [0.15, 0.2) is 12.0 Å². The fourth-order valence-electron chi connectivity index (χ4n) is 2.45. The molecule has 4 nitrogen and oxygen atoms in total. The van der Waals surface area contributed by atoms with Gasteiger partial charge in [-0.1, -0.05) is 11.6 Å². The number of hydrogen-bond acceptors (Lipinski definition) is 3. The Labute approximate surface area is 147 Å². The summed E-state index contributed by atoms with van der Waals surface area (Å²) >= 11 is 11.5. The molecule has 9 heteroatoms. The van der Waals surface area contributed by atoms with Crippen LogP contribution in [-0.4, -0.2) is 21.4 Å². The van der Waals surface area contributed by atoms with E-state index in [0.717, 1.165) is 19.3 Å². The second-order valence-corrected chi connectivity index (χ2v) is 7.02. The number of halogens is 5. The van der Waals surface area contributed by atoms with Gasteiger partial charge in [-0.15, -0.1) is 0 Å². The van der Waals surface area contributed by atoms with E-state index in [0.29, 0.717) is 22.0 Å². The van der Waals surface area contributed by atoms with Gasteiger partial charge in [-0.3, -0.25) is 0 Å². The number of hydrogen-bond donors (Lipinski definition) is 0. The van der Waals surface area contributed by atoms with E-state index in [9.17, 15) is 8.78 Å². The quantitative estimate of drug-likeness (QED) is 0.570. The highest BCUT2D eigenvalue weighted by Gasteiger charge is 2.30. The number of fused-ring (bicyclic) bond motifs is 1. The molecule has 1 saturated heterocycles. The first-order valence-electron chi connectivity index (χ1n) is 6.59. The molecule has 1 aromatic heterocycles. The van der Waals surface area contributed by atoms with Crippen molar-refractivity contribution in [3.63, 3.8) is 0 Å². The monoisotopic (exact) mass is 458 g/mol. The van der Waals surface area contributed by atoms with Crippen molar-refractivity contribution < 1.29 is 18.3 Å². The van der Waals surface area contributed by atoms with Crippen molar-refractivity contribution in [3.05, 3.63) is 21.8 Å². The van der Waals surface area contributed by atoms with E-state index in [4.69, 9.17) is 16.3 Å². The summed E-state index contributed by atoms with van der Waals surface area (Å²) in [7, 11) is 0. The number of alkyl halides is 3. The summed E-state index contributed by atoms with van der Waals surface area (Å²) in [5, 5.41) is 1.50. The van der Waals surface area contributed by atoms with Crippen LogP contribution >= 0.6 is 43.5 Å². The number of rotatable bonds is 3. The molecule has 22 heavy (non-hydrogen) atoms. The van der Waals surface area contributed by atoms with E-state index in [2.05, 4.69) is 41.7 Å². The number of nitrogens with zero attached hydrogens (tertiary/aromatic N) is 2. The van der Waals surface area contributed by atoms with Crippen LogP contribution in [-0.2, 0) is 4.74 Å². The van der Waals surface area contributed by atoms with E-state index in [1.54, 1.807) is 16.9 Å². The Hall–Kier alpha value is -0.440. The molecule has 0 bridgehead atoms. The molecule has 0 radical (unpaired) electrons. The van der Waals surface area contributed by atoms with E-state index in [-0.39, 0.29) is 17.0 Å². The van der Waals surface area contributed by atoms with E-state index in [1.165, 1.54) is 0 Å². The van der Waals surface area contributed by atoms with E-state index < -0.39 is 5.02 Å². The summed E-state index contributed by atoms with van der Waals surface area (Å²) in [4.78, 5) is 0. The lowest BCUT2D eigenvalue weighted by atomic mass is 10.2. The summed E-state index contributed by atoms with van der Waals surface area (Å²) in [6, 6.07) is 1.56. The molecule has 1 aromatic carbocycles. The standard InChI is InChI=1S/C13H11Br2ClF2N2O2/c14-11-7-6-19-20(10-3-1-2-4-21-10)9(7)5-8(16)12(11)22-13(15,17)18/h5-6,10H,1-4H2. The maximum absolute atomic E-state index is 13.0. The van der Waals surface area contributed by atoms with Gasteiger partial charge in [0.2, 0.25) is 0 Å². The fraction of sp³-hybridized carbons (Fsp3) is 0.462. The van der Waals surface area contributed by atoms with Crippen molar-refractivity contribution in [1.82, 2.24) is 9.78 Å². The highest BCUT2D eigenvalue weighted by atomic mass is 79.9. The molecule has 120 valence electrons. The zero-order valence-electron chi connectivity index (χ0n) is 11.2. The first kappa shape index (κ1) is 16.4. The summed E-state index contributed by atoms with van der Waals surface area (Å²) in [6.07, 6.45) is 4.34. The summed E-state index contributed by atoms with van der Waals surface area (Å²) < 4.78 is 38.4. The van der Waals surface area contributed by atoms with Crippen LogP contribution in [0.2, 0.25) is 5.02 Å². The van der Waals surface area contributed by atoms with Gasteiger partial charge in [0.05, 0.1) is 21.2 Å². The Balaban J connectivity index is 2.06. The lowest BCUT2D eigenvalue weighted by Crippen LogP contribution is -2.19. The van der Waals surface area contributed by atoms with Gasteiger partial charge < -0.3 is 9.47 Å². The smallest absolute Gasteiger partial charge is 0.421 e. The summed E-state index contributed by atoms with van der Waals surface area (Å²) in [6.45, 7) is 0.678. The molecule has 0 aliphatic carbocycles. The highest BCUT2D eigenvalue weighted by molar-refractivity contribution is 9.10. The number of aromatic nitrogens is 2. The Bertz CT molecular complexity index is 699. The van der Waals surface area contributed by atoms with Crippen LogP contribution < -0.4 is 4.74 Å². The van der Waals surface area contributed by atoms with Crippen LogP contribution in [0.3, 0.4) is 0 Å². The topological polar surface area (TPSA) is 36.3 Å². The lowest BCUT2D eigenvalue weighted by Gasteiger charge is -2.23. The Morgan fingerprint density at radius 2 is 2.23 bits per heavy atom.